The molecule has 1 aromatic rings. The molecular formula is C17H28N2O. The monoisotopic (exact) mass is 276 g/mol. The Bertz CT molecular complexity index is 386. The summed E-state index contributed by atoms with van der Waals surface area (Å²) in [4.78, 5) is 2.26. The average molecular weight is 276 g/mol. The van der Waals surface area contributed by atoms with Gasteiger partial charge >= 0.3 is 0 Å². The molecule has 1 atom stereocenters. The van der Waals surface area contributed by atoms with E-state index >= 15 is 0 Å². The maximum Gasteiger partial charge on any atom is 0.0641 e. The molecule has 20 heavy (non-hydrogen) atoms. The molecule has 0 aliphatic heterocycles. The molecule has 0 bridgehead atoms. The van der Waals surface area contributed by atoms with Crippen LogP contribution in [0, 0.1) is 5.92 Å². The van der Waals surface area contributed by atoms with E-state index in [1.807, 2.05) is 0 Å². The normalized spacial score (nSPS) is 16.1. The molecule has 112 valence electrons. The molecule has 1 aliphatic rings. The Labute approximate surface area is 123 Å². The summed E-state index contributed by atoms with van der Waals surface area (Å²) in [5, 5.41) is 3.44. The van der Waals surface area contributed by atoms with Gasteiger partial charge in [-0.15, -0.1) is 0 Å². The lowest BCUT2D eigenvalue weighted by atomic mass is 10.1. The third-order valence-corrected chi connectivity index (χ3v) is 3.97. The van der Waals surface area contributed by atoms with E-state index in [4.69, 9.17) is 4.74 Å². The SMILES string of the molecule is CCNC(C)c1ccc(N(C)CCOCC2CC2)cc1. The third-order valence-electron chi connectivity index (χ3n) is 3.97. The smallest absolute Gasteiger partial charge is 0.0641 e. The summed E-state index contributed by atoms with van der Waals surface area (Å²) < 4.78 is 5.69. The van der Waals surface area contributed by atoms with Gasteiger partial charge in [0.1, 0.15) is 0 Å². The number of anilines is 1. The number of nitrogens with one attached hydrogen (secondary N) is 1. The summed E-state index contributed by atoms with van der Waals surface area (Å²) in [5.74, 6) is 0.854. The molecular weight excluding hydrogens is 248 g/mol. The van der Waals surface area contributed by atoms with Crippen molar-refractivity contribution in [3.8, 4) is 0 Å². The van der Waals surface area contributed by atoms with Crippen molar-refractivity contribution in [3.05, 3.63) is 29.8 Å². The summed E-state index contributed by atoms with van der Waals surface area (Å²) in [6.45, 7) is 8.07. The molecule has 0 radical (unpaired) electrons. The zero-order valence-corrected chi connectivity index (χ0v) is 13.1. The average Bonchev–Trinajstić information content (AvgIpc) is 3.28. The van der Waals surface area contributed by atoms with Crippen LogP contribution in [-0.2, 0) is 4.74 Å². The largest absolute Gasteiger partial charge is 0.379 e. The van der Waals surface area contributed by atoms with Gasteiger partial charge in [-0.2, -0.15) is 0 Å². The van der Waals surface area contributed by atoms with E-state index in [9.17, 15) is 0 Å². The number of nitrogens with zero attached hydrogens (tertiary/aromatic N) is 1. The molecule has 1 saturated carbocycles. The fraction of sp³-hybridized carbons (Fsp3) is 0.647. The molecule has 0 aromatic heterocycles. The van der Waals surface area contributed by atoms with Gasteiger partial charge in [0.05, 0.1) is 6.61 Å². The van der Waals surface area contributed by atoms with Crippen LogP contribution in [0.25, 0.3) is 0 Å². The van der Waals surface area contributed by atoms with E-state index in [1.54, 1.807) is 0 Å². The second-order valence-electron chi connectivity index (χ2n) is 5.81. The second-order valence-corrected chi connectivity index (χ2v) is 5.81. The van der Waals surface area contributed by atoms with Crippen molar-refractivity contribution in [2.75, 3.05) is 38.3 Å². The van der Waals surface area contributed by atoms with Gasteiger partial charge < -0.3 is 15.0 Å². The van der Waals surface area contributed by atoms with Gasteiger partial charge in [0.25, 0.3) is 0 Å². The first-order chi connectivity index (χ1) is 9.70. The Morgan fingerprint density at radius 2 is 2.00 bits per heavy atom. The van der Waals surface area contributed by atoms with E-state index < -0.39 is 0 Å². The highest BCUT2D eigenvalue weighted by Gasteiger charge is 2.20. The van der Waals surface area contributed by atoms with Crippen LogP contribution < -0.4 is 10.2 Å². The topological polar surface area (TPSA) is 24.5 Å². The van der Waals surface area contributed by atoms with E-state index in [0.29, 0.717) is 6.04 Å². The summed E-state index contributed by atoms with van der Waals surface area (Å²) in [6.07, 6.45) is 2.72. The molecule has 0 spiro atoms. The predicted octanol–water partition coefficient (Wildman–Crippen LogP) is 3.22. The molecule has 3 heteroatoms. The van der Waals surface area contributed by atoms with Crippen LogP contribution in [0.2, 0.25) is 0 Å². The number of benzene rings is 1. The van der Waals surface area contributed by atoms with Gasteiger partial charge in [-0.25, -0.2) is 0 Å². The quantitative estimate of drug-likeness (QED) is 0.701. The standard InChI is InChI=1S/C17H28N2O/c1-4-18-14(2)16-7-9-17(10-8-16)19(3)11-12-20-13-15-5-6-15/h7-10,14-15,18H,4-6,11-13H2,1-3H3. The lowest BCUT2D eigenvalue weighted by Gasteiger charge is -2.20. The predicted molar refractivity (Wildman–Crippen MR) is 85.3 cm³/mol. The lowest BCUT2D eigenvalue weighted by Crippen LogP contribution is -2.23. The van der Waals surface area contributed by atoms with E-state index in [1.165, 1.54) is 24.1 Å². The van der Waals surface area contributed by atoms with Gasteiger partial charge in [0.15, 0.2) is 0 Å². The maximum atomic E-state index is 5.69. The Hall–Kier alpha value is -1.06. The number of hydrogen-bond acceptors (Lipinski definition) is 3. The van der Waals surface area contributed by atoms with Crippen molar-refractivity contribution in [3.63, 3.8) is 0 Å². The van der Waals surface area contributed by atoms with Crippen molar-refractivity contribution in [1.29, 1.82) is 0 Å². The van der Waals surface area contributed by atoms with E-state index in [-0.39, 0.29) is 0 Å². The number of hydrogen-bond donors (Lipinski definition) is 1. The fourth-order valence-electron chi connectivity index (χ4n) is 2.31. The molecule has 1 fully saturated rings. The first-order valence-corrected chi connectivity index (χ1v) is 7.83. The van der Waals surface area contributed by atoms with Crippen molar-refractivity contribution in [2.24, 2.45) is 5.92 Å². The zero-order valence-electron chi connectivity index (χ0n) is 13.1. The number of rotatable bonds is 9. The van der Waals surface area contributed by atoms with Crippen LogP contribution >= 0.6 is 0 Å². The van der Waals surface area contributed by atoms with Crippen molar-refractivity contribution < 1.29 is 4.74 Å². The number of likely N-dealkylation sites (N-methyl/N-ethyl adjacent to an activating group) is 1. The van der Waals surface area contributed by atoms with E-state index in [0.717, 1.165) is 32.2 Å². The molecule has 3 nitrogen and oxygen atoms in total. The number of ether oxygens (including phenoxy) is 1. The Kier molecular flexibility index (Phi) is 5.86. The van der Waals surface area contributed by atoms with E-state index in [2.05, 4.69) is 55.4 Å². The highest BCUT2D eigenvalue weighted by Crippen LogP contribution is 2.28. The Balaban J connectivity index is 1.75. The third kappa shape index (κ3) is 4.80. The van der Waals surface area contributed by atoms with Crippen LogP contribution in [0.1, 0.15) is 38.3 Å². The highest BCUT2D eigenvalue weighted by atomic mass is 16.5. The second kappa shape index (κ2) is 7.65. The van der Waals surface area contributed by atoms with Crippen molar-refractivity contribution in [1.82, 2.24) is 5.32 Å². The van der Waals surface area contributed by atoms with Gasteiger partial charge in [0.2, 0.25) is 0 Å². The minimum absolute atomic E-state index is 0.418. The van der Waals surface area contributed by atoms with Crippen LogP contribution in [-0.4, -0.2) is 33.4 Å². The Morgan fingerprint density at radius 1 is 1.30 bits per heavy atom. The molecule has 1 N–H and O–H groups in total. The molecule has 0 saturated heterocycles. The molecule has 1 unspecified atom stereocenters. The molecule has 0 amide bonds. The summed E-state index contributed by atoms with van der Waals surface area (Å²) in [5.41, 5.74) is 2.60. The first-order valence-electron chi connectivity index (χ1n) is 7.83. The van der Waals surface area contributed by atoms with Crippen LogP contribution in [0.5, 0.6) is 0 Å². The van der Waals surface area contributed by atoms with Gasteiger partial charge in [-0.05, 0) is 49.9 Å². The molecule has 1 aliphatic carbocycles. The van der Waals surface area contributed by atoms with Crippen LogP contribution in [0.4, 0.5) is 5.69 Å². The van der Waals surface area contributed by atoms with Crippen LogP contribution in [0.15, 0.2) is 24.3 Å². The lowest BCUT2D eigenvalue weighted by molar-refractivity contribution is 0.131. The molecule has 1 aromatic carbocycles. The molecule has 2 rings (SSSR count). The summed E-state index contributed by atoms with van der Waals surface area (Å²) in [7, 11) is 2.13. The van der Waals surface area contributed by atoms with Gasteiger partial charge in [-0.1, -0.05) is 19.1 Å². The van der Waals surface area contributed by atoms with Gasteiger partial charge in [-0.3, -0.25) is 0 Å². The summed E-state index contributed by atoms with van der Waals surface area (Å²) in [6, 6.07) is 9.24. The van der Waals surface area contributed by atoms with Crippen LogP contribution in [0.3, 0.4) is 0 Å². The van der Waals surface area contributed by atoms with Gasteiger partial charge in [0, 0.05) is 31.9 Å². The zero-order chi connectivity index (χ0) is 14.4. The van der Waals surface area contributed by atoms with Crippen molar-refractivity contribution >= 4 is 5.69 Å². The molecule has 0 heterocycles. The minimum Gasteiger partial charge on any atom is -0.379 e. The van der Waals surface area contributed by atoms with Crippen molar-refractivity contribution in [2.45, 2.75) is 32.7 Å². The summed E-state index contributed by atoms with van der Waals surface area (Å²) >= 11 is 0. The minimum atomic E-state index is 0.418. The highest BCUT2D eigenvalue weighted by molar-refractivity contribution is 5.47. The maximum absolute atomic E-state index is 5.69. The first kappa shape index (κ1) is 15.3. The fourth-order valence-corrected chi connectivity index (χ4v) is 2.31. The Morgan fingerprint density at radius 3 is 2.60 bits per heavy atom.